The largest absolute Gasteiger partial charge is 0.468 e. The van der Waals surface area contributed by atoms with Crippen LogP contribution in [-0.2, 0) is 6.54 Å². The van der Waals surface area contributed by atoms with E-state index in [-0.39, 0.29) is 29.9 Å². The Labute approximate surface area is 174 Å². The van der Waals surface area contributed by atoms with Gasteiger partial charge < -0.3 is 15.0 Å². The molecule has 1 aliphatic carbocycles. The number of ether oxygens (including phenoxy) is 1. The first-order valence-corrected chi connectivity index (χ1v) is 9.05. The van der Waals surface area contributed by atoms with Crippen LogP contribution in [0.4, 0.5) is 13.2 Å². The molecule has 2 unspecified atom stereocenters. The molecule has 1 saturated carbocycles. The Morgan fingerprint density at radius 3 is 2.56 bits per heavy atom. The minimum atomic E-state index is -4.38. The predicted octanol–water partition coefficient (Wildman–Crippen LogP) is 3.84. The predicted molar refractivity (Wildman–Crippen MR) is 108 cm³/mol. The van der Waals surface area contributed by atoms with Gasteiger partial charge in [0, 0.05) is 38.4 Å². The van der Waals surface area contributed by atoms with Crippen LogP contribution < -0.4 is 10.1 Å². The molecule has 0 aromatic carbocycles. The summed E-state index contributed by atoms with van der Waals surface area (Å²) in [6.45, 7) is 0.963. The molecular formula is C18H26F3IN4O. The van der Waals surface area contributed by atoms with Crippen LogP contribution in [0.1, 0.15) is 31.2 Å². The summed E-state index contributed by atoms with van der Waals surface area (Å²) >= 11 is 0. The van der Waals surface area contributed by atoms with E-state index < -0.39 is 12.8 Å². The summed E-state index contributed by atoms with van der Waals surface area (Å²) in [5.41, 5.74) is 0.578. The van der Waals surface area contributed by atoms with Crippen molar-refractivity contribution in [3.63, 3.8) is 0 Å². The summed E-state index contributed by atoms with van der Waals surface area (Å²) in [6, 6.07) is 3.40. The van der Waals surface area contributed by atoms with Crippen molar-refractivity contribution < 1.29 is 17.9 Å². The van der Waals surface area contributed by atoms with Gasteiger partial charge >= 0.3 is 6.18 Å². The number of guanidine groups is 1. The Balaban J connectivity index is 0.00000261. The number of likely N-dealkylation sites (tertiary alicyclic amines) is 1. The first kappa shape index (κ1) is 22.0. The molecule has 1 saturated heterocycles. The average molecular weight is 498 g/mol. The Kier molecular flexibility index (Phi) is 7.99. The molecule has 0 amide bonds. The first-order valence-electron chi connectivity index (χ1n) is 9.05. The van der Waals surface area contributed by atoms with Gasteiger partial charge in [-0.25, -0.2) is 4.98 Å². The van der Waals surface area contributed by atoms with Crippen LogP contribution in [0.5, 0.6) is 5.88 Å². The molecule has 0 radical (unpaired) electrons. The van der Waals surface area contributed by atoms with E-state index in [4.69, 9.17) is 4.74 Å². The highest BCUT2D eigenvalue weighted by atomic mass is 127. The number of pyridine rings is 1. The lowest BCUT2D eigenvalue weighted by molar-refractivity contribution is -0.154. The van der Waals surface area contributed by atoms with E-state index in [0.29, 0.717) is 12.1 Å². The second-order valence-electron chi connectivity index (χ2n) is 6.98. The highest BCUT2D eigenvalue weighted by Crippen LogP contribution is 2.36. The number of nitrogens with one attached hydrogen (secondary N) is 1. The number of aromatic nitrogens is 1. The van der Waals surface area contributed by atoms with Gasteiger partial charge in [0.25, 0.3) is 0 Å². The standard InChI is InChI=1S/C18H25F3N4O.HI/c1-22-17(25-10-14-5-2-3-6-15(14)11-25)24-9-13-7-4-8-23-16(13)26-12-18(19,20)21;/h4,7-8,14-15H,2-3,5-6,9-12H2,1H3,(H,22,24);1H. The summed E-state index contributed by atoms with van der Waals surface area (Å²) in [6.07, 6.45) is 2.19. The fraction of sp³-hybridized carbons (Fsp3) is 0.667. The lowest BCUT2D eigenvalue weighted by Gasteiger charge is -2.22. The van der Waals surface area contributed by atoms with E-state index in [9.17, 15) is 13.2 Å². The molecule has 2 aliphatic rings. The molecule has 2 heterocycles. The number of aliphatic imine (C=N–C) groups is 1. The third-order valence-corrected chi connectivity index (χ3v) is 5.15. The maximum atomic E-state index is 12.4. The van der Waals surface area contributed by atoms with Crippen molar-refractivity contribution in [2.45, 2.75) is 38.4 Å². The fourth-order valence-corrected chi connectivity index (χ4v) is 3.92. The van der Waals surface area contributed by atoms with Gasteiger partial charge in [0.1, 0.15) is 0 Å². The maximum Gasteiger partial charge on any atom is 0.422 e. The minimum absolute atomic E-state index is 0. The van der Waals surface area contributed by atoms with Crippen LogP contribution in [0.2, 0.25) is 0 Å². The van der Waals surface area contributed by atoms with Gasteiger partial charge in [-0.3, -0.25) is 4.99 Å². The molecular weight excluding hydrogens is 472 g/mol. The molecule has 1 aromatic heterocycles. The highest BCUT2D eigenvalue weighted by molar-refractivity contribution is 14.0. The molecule has 5 nitrogen and oxygen atoms in total. The van der Waals surface area contributed by atoms with E-state index in [2.05, 4.69) is 20.2 Å². The molecule has 9 heteroatoms. The summed E-state index contributed by atoms with van der Waals surface area (Å²) in [5.74, 6) is 2.24. The van der Waals surface area contributed by atoms with Crippen LogP contribution in [-0.4, -0.2) is 48.8 Å². The van der Waals surface area contributed by atoms with Gasteiger partial charge in [-0.2, -0.15) is 13.2 Å². The quantitative estimate of drug-likeness (QED) is 0.390. The monoisotopic (exact) mass is 498 g/mol. The van der Waals surface area contributed by atoms with Crippen LogP contribution in [0.25, 0.3) is 0 Å². The molecule has 27 heavy (non-hydrogen) atoms. The van der Waals surface area contributed by atoms with Gasteiger partial charge in [-0.15, -0.1) is 24.0 Å². The number of rotatable bonds is 4. The van der Waals surface area contributed by atoms with E-state index in [1.165, 1.54) is 31.9 Å². The Morgan fingerprint density at radius 2 is 1.96 bits per heavy atom. The van der Waals surface area contributed by atoms with E-state index >= 15 is 0 Å². The average Bonchev–Trinajstić information content (AvgIpc) is 3.04. The lowest BCUT2D eigenvalue weighted by Crippen LogP contribution is -2.40. The summed E-state index contributed by atoms with van der Waals surface area (Å²) in [4.78, 5) is 10.5. The first-order chi connectivity index (χ1) is 12.5. The molecule has 2 fully saturated rings. The highest BCUT2D eigenvalue weighted by Gasteiger charge is 2.35. The van der Waals surface area contributed by atoms with Crippen LogP contribution in [0.15, 0.2) is 23.3 Å². The van der Waals surface area contributed by atoms with Crippen molar-refractivity contribution in [1.82, 2.24) is 15.2 Å². The zero-order chi connectivity index (χ0) is 18.6. The second kappa shape index (κ2) is 9.79. The van der Waals surface area contributed by atoms with Gasteiger partial charge in [-0.05, 0) is 30.7 Å². The molecule has 0 spiro atoms. The topological polar surface area (TPSA) is 49.8 Å². The zero-order valence-corrected chi connectivity index (χ0v) is 17.7. The summed E-state index contributed by atoms with van der Waals surface area (Å²) < 4.78 is 42.0. The number of hydrogen-bond acceptors (Lipinski definition) is 3. The van der Waals surface area contributed by atoms with Crippen LogP contribution >= 0.6 is 24.0 Å². The molecule has 1 aliphatic heterocycles. The molecule has 1 aromatic rings. The minimum Gasteiger partial charge on any atom is -0.468 e. The number of fused-ring (bicyclic) bond motifs is 1. The Morgan fingerprint density at radius 1 is 1.30 bits per heavy atom. The van der Waals surface area contributed by atoms with Crippen molar-refractivity contribution in [2.75, 3.05) is 26.7 Å². The number of nitrogens with zero attached hydrogens (tertiary/aromatic N) is 3. The normalized spacial score (nSPS) is 22.8. The molecule has 3 rings (SSSR count). The third-order valence-electron chi connectivity index (χ3n) is 5.15. The molecule has 2 atom stereocenters. The summed E-state index contributed by atoms with van der Waals surface area (Å²) in [5, 5.41) is 3.25. The second-order valence-corrected chi connectivity index (χ2v) is 6.98. The van der Waals surface area contributed by atoms with Crippen molar-refractivity contribution in [1.29, 1.82) is 0 Å². The molecule has 152 valence electrons. The maximum absolute atomic E-state index is 12.4. The number of hydrogen-bond donors (Lipinski definition) is 1. The van der Waals surface area contributed by atoms with Crippen LogP contribution in [0.3, 0.4) is 0 Å². The number of alkyl halides is 3. The van der Waals surface area contributed by atoms with Gasteiger partial charge in [0.05, 0.1) is 0 Å². The van der Waals surface area contributed by atoms with Crippen LogP contribution in [0, 0.1) is 11.8 Å². The SMILES string of the molecule is CN=C(NCc1cccnc1OCC(F)(F)F)N1CC2CCCCC2C1.I. The van der Waals surface area contributed by atoms with Gasteiger partial charge in [0.15, 0.2) is 12.6 Å². The van der Waals surface area contributed by atoms with Gasteiger partial charge in [-0.1, -0.05) is 18.9 Å². The van der Waals surface area contributed by atoms with E-state index in [1.54, 1.807) is 19.2 Å². The van der Waals surface area contributed by atoms with Crippen molar-refractivity contribution in [3.8, 4) is 5.88 Å². The molecule has 1 N–H and O–H groups in total. The smallest absolute Gasteiger partial charge is 0.422 e. The van der Waals surface area contributed by atoms with Crippen molar-refractivity contribution >= 4 is 29.9 Å². The zero-order valence-electron chi connectivity index (χ0n) is 15.3. The Bertz CT molecular complexity index is 627. The van der Waals surface area contributed by atoms with Gasteiger partial charge in [0.2, 0.25) is 5.88 Å². The van der Waals surface area contributed by atoms with Crippen molar-refractivity contribution in [3.05, 3.63) is 23.9 Å². The molecule has 0 bridgehead atoms. The van der Waals surface area contributed by atoms with E-state index in [1.807, 2.05) is 0 Å². The lowest BCUT2D eigenvalue weighted by atomic mass is 9.82. The summed E-state index contributed by atoms with van der Waals surface area (Å²) in [7, 11) is 1.73. The number of halogens is 4. The fourth-order valence-electron chi connectivity index (χ4n) is 3.92. The Hall–Kier alpha value is -1.26. The third kappa shape index (κ3) is 6.11. The van der Waals surface area contributed by atoms with Crippen molar-refractivity contribution in [2.24, 2.45) is 16.8 Å². The van der Waals surface area contributed by atoms with E-state index in [0.717, 1.165) is 30.9 Å².